The Labute approximate surface area is 238 Å². The van der Waals surface area contributed by atoms with Gasteiger partial charge in [0.25, 0.3) is 21.8 Å². The Morgan fingerprint density at radius 3 is 2.61 bits per heavy atom. The molecular formula is C29H34N4O7S. The predicted octanol–water partition coefficient (Wildman–Crippen LogP) is 2.49. The lowest BCUT2D eigenvalue weighted by molar-refractivity contribution is -0.146. The van der Waals surface area contributed by atoms with Gasteiger partial charge in [0.05, 0.1) is 4.90 Å². The van der Waals surface area contributed by atoms with Crippen LogP contribution >= 0.6 is 0 Å². The van der Waals surface area contributed by atoms with Crippen LogP contribution in [0, 0.1) is 5.92 Å². The molecule has 1 saturated carbocycles. The number of carbonyl (C=O) groups is 4. The first-order chi connectivity index (χ1) is 19.6. The Hall–Kier alpha value is -3.93. The van der Waals surface area contributed by atoms with Crippen LogP contribution in [0.1, 0.15) is 51.4 Å². The van der Waals surface area contributed by atoms with Crippen LogP contribution in [0.2, 0.25) is 0 Å². The molecule has 3 aliphatic rings. The first kappa shape index (κ1) is 28.6. The lowest BCUT2D eigenvalue weighted by atomic mass is 10.1. The molecule has 12 heteroatoms. The third-order valence-electron chi connectivity index (χ3n) is 8.11. The molecule has 2 aromatic rings. The van der Waals surface area contributed by atoms with Gasteiger partial charge in [-0.1, -0.05) is 55.0 Å². The second-order valence-electron chi connectivity index (χ2n) is 10.9. The molecule has 2 aromatic carbocycles. The molecular weight excluding hydrogens is 548 g/mol. The summed E-state index contributed by atoms with van der Waals surface area (Å²) >= 11 is 0. The topological polar surface area (TPSA) is 165 Å². The minimum atomic E-state index is -4.28. The third-order valence-corrected chi connectivity index (χ3v) is 9.50. The van der Waals surface area contributed by atoms with Crippen LogP contribution < -0.4 is 15.8 Å². The van der Waals surface area contributed by atoms with Crippen LogP contribution in [0.5, 0.6) is 0 Å². The van der Waals surface area contributed by atoms with Gasteiger partial charge in [0, 0.05) is 17.8 Å². The van der Waals surface area contributed by atoms with Crippen molar-refractivity contribution in [1.29, 1.82) is 0 Å². The highest BCUT2D eigenvalue weighted by Crippen LogP contribution is 2.46. The van der Waals surface area contributed by atoms with Gasteiger partial charge in [-0.3, -0.25) is 14.4 Å². The van der Waals surface area contributed by atoms with Gasteiger partial charge in [-0.05, 0) is 56.4 Å². The molecule has 0 spiro atoms. The van der Waals surface area contributed by atoms with Crippen LogP contribution in [0.3, 0.4) is 0 Å². The molecule has 4 N–H and O–H groups in total. The molecule has 1 aliphatic carbocycles. The number of carbonyl (C=O) groups excluding carboxylic acids is 4. The average Bonchev–Trinajstić information content (AvgIpc) is 3.40. The normalized spacial score (nSPS) is 27.1. The molecule has 4 atom stereocenters. The predicted molar refractivity (Wildman–Crippen MR) is 150 cm³/mol. The van der Waals surface area contributed by atoms with Gasteiger partial charge in [-0.2, -0.15) is 0 Å². The summed E-state index contributed by atoms with van der Waals surface area (Å²) in [5.41, 5.74) is 3.74. The molecule has 218 valence electrons. The fourth-order valence-electron chi connectivity index (χ4n) is 5.87. The van der Waals surface area contributed by atoms with E-state index in [1.165, 1.54) is 11.0 Å². The van der Waals surface area contributed by atoms with Crippen molar-refractivity contribution in [3.8, 4) is 0 Å². The fourth-order valence-corrected chi connectivity index (χ4v) is 7.14. The molecule has 4 unspecified atom stereocenters. The second kappa shape index (κ2) is 11.5. The zero-order valence-electron chi connectivity index (χ0n) is 22.6. The van der Waals surface area contributed by atoms with E-state index in [9.17, 15) is 27.6 Å². The van der Waals surface area contributed by atoms with Gasteiger partial charge in [0.2, 0.25) is 5.91 Å². The fraction of sp³-hybridized carbons (Fsp3) is 0.448. The summed E-state index contributed by atoms with van der Waals surface area (Å²) in [6.45, 7) is 0.285. The van der Waals surface area contributed by atoms with Crippen LogP contribution in [0.25, 0.3) is 10.8 Å². The first-order valence-electron chi connectivity index (χ1n) is 13.9. The largest absolute Gasteiger partial charge is 0.436 e. The molecule has 41 heavy (non-hydrogen) atoms. The van der Waals surface area contributed by atoms with Crippen molar-refractivity contribution in [3.05, 3.63) is 54.6 Å². The van der Waals surface area contributed by atoms with E-state index in [0.29, 0.717) is 36.5 Å². The molecule has 2 fully saturated rings. The van der Waals surface area contributed by atoms with Gasteiger partial charge in [-0.25, -0.2) is 17.9 Å². The number of hydrogen-bond donors (Lipinski definition) is 3. The molecule has 0 aromatic heterocycles. The van der Waals surface area contributed by atoms with E-state index in [1.807, 2.05) is 12.2 Å². The number of rotatable bonds is 4. The van der Waals surface area contributed by atoms with E-state index in [2.05, 4.69) is 10.0 Å². The Balaban J connectivity index is 1.42. The highest BCUT2D eigenvalue weighted by atomic mass is 32.2. The average molecular weight is 583 g/mol. The van der Waals surface area contributed by atoms with Gasteiger partial charge in [0.15, 0.2) is 6.10 Å². The van der Waals surface area contributed by atoms with Crippen molar-refractivity contribution in [1.82, 2.24) is 14.9 Å². The summed E-state index contributed by atoms with van der Waals surface area (Å²) in [6, 6.07) is 10.9. The minimum absolute atomic E-state index is 0.0374. The van der Waals surface area contributed by atoms with Crippen LogP contribution in [0.4, 0.5) is 4.79 Å². The van der Waals surface area contributed by atoms with Crippen molar-refractivity contribution in [2.45, 2.75) is 73.9 Å². The summed E-state index contributed by atoms with van der Waals surface area (Å²) in [5.74, 6) is -2.30. The van der Waals surface area contributed by atoms with E-state index >= 15 is 0 Å². The van der Waals surface area contributed by atoms with Crippen molar-refractivity contribution in [2.24, 2.45) is 11.7 Å². The van der Waals surface area contributed by atoms with Gasteiger partial charge in [-0.15, -0.1) is 0 Å². The standard InChI is InChI=1S/C29H34N4O7S/c30-28(37)40-23-15-5-3-1-2-4-12-20-18-29(20,31-25(34)22-14-9-17-33(22)26(23)35)27(36)32-41(38,39)24-16-8-11-19-10-6-7-13-21(19)24/h4,6-8,10-13,16,20,22-23H,1-3,5,9,14-15,17-18H2,(H2,30,37)(H,31,34)(H,32,36). The Morgan fingerprint density at radius 2 is 1.80 bits per heavy atom. The number of ether oxygens (including phenoxy) is 1. The molecule has 2 aliphatic heterocycles. The molecule has 2 heterocycles. The molecule has 5 rings (SSSR count). The highest BCUT2D eigenvalue weighted by Gasteiger charge is 2.61. The maximum Gasteiger partial charge on any atom is 0.405 e. The summed E-state index contributed by atoms with van der Waals surface area (Å²) in [7, 11) is -4.28. The van der Waals surface area contributed by atoms with E-state index in [-0.39, 0.29) is 24.3 Å². The summed E-state index contributed by atoms with van der Waals surface area (Å²) in [6.07, 6.45) is 5.92. The SMILES string of the molecule is NC(=O)OC1CCCCCC=CC2CC2(C(=O)NS(=O)(=O)c2cccc3ccccc23)NC(=O)C2CCCN2C1=O. The monoisotopic (exact) mass is 582 g/mol. The van der Waals surface area contributed by atoms with Gasteiger partial charge < -0.3 is 20.7 Å². The van der Waals surface area contributed by atoms with E-state index in [4.69, 9.17) is 10.5 Å². The van der Waals surface area contributed by atoms with E-state index in [0.717, 1.165) is 12.8 Å². The van der Waals surface area contributed by atoms with Crippen LogP contribution in [-0.4, -0.2) is 61.4 Å². The zero-order chi connectivity index (χ0) is 29.2. The number of allylic oxidation sites excluding steroid dienone is 1. The number of fused-ring (bicyclic) bond motifs is 3. The Kier molecular flexibility index (Phi) is 8.03. The third kappa shape index (κ3) is 5.92. The summed E-state index contributed by atoms with van der Waals surface area (Å²) in [5, 5.41) is 3.98. The molecule has 4 amide bonds. The number of nitrogens with one attached hydrogen (secondary N) is 2. The minimum Gasteiger partial charge on any atom is -0.436 e. The van der Waals surface area contributed by atoms with Crippen molar-refractivity contribution in [2.75, 3.05) is 6.54 Å². The number of nitrogens with two attached hydrogens (primary N) is 1. The Bertz CT molecular complexity index is 1500. The lowest BCUT2D eigenvalue weighted by Gasteiger charge is -2.29. The molecule has 0 bridgehead atoms. The maximum atomic E-state index is 13.7. The van der Waals surface area contributed by atoms with Crippen molar-refractivity contribution >= 4 is 44.6 Å². The quantitative estimate of drug-likeness (QED) is 0.466. The zero-order valence-corrected chi connectivity index (χ0v) is 23.4. The van der Waals surface area contributed by atoms with Crippen molar-refractivity contribution < 1.29 is 32.3 Å². The van der Waals surface area contributed by atoms with E-state index < -0.39 is 57.4 Å². The highest BCUT2D eigenvalue weighted by molar-refractivity contribution is 7.90. The smallest absolute Gasteiger partial charge is 0.405 e. The number of nitrogens with zero attached hydrogens (tertiary/aromatic N) is 1. The number of amides is 4. The molecule has 0 radical (unpaired) electrons. The van der Waals surface area contributed by atoms with Gasteiger partial charge in [0.1, 0.15) is 11.6 Å². The lowest BCUT2D eigenvalue weighted by Crippen LogP contribution is -2.57. The van der Waals surface area contributed by atoms with Gasteiger partial charge >= 0.3 is 6.09 Å². The van der Waals surface area contributed by atoms with E-state index in [1.54, 1.807) is 36.4 Å². The first-order valence-corrected chi connectivity index (χ1v) is 15.4. The van der Waals surface area contributed by atoms with Crippen molar-refractivity contribution in [3.63, 3.8) is 0 Å². The van der Waals surface area contributed by atoms with Crippen LogP contribution in [0.15, 0.2) is 59.5 Å². The maximum absolute atomic E-state index is 13.7. The summed E-state index contributed by atoms with van der Waals surface area (Å²) < 4.78 is 34.2. The Morgan fingerprint density at radius 1 is 1.02 bits per heavy atom. The van der Waals surface area contributed by atoms with Crippen LogP contribution in [-0.2, 0) is 29.1 Å². The number of primary amides is 1. The number of sulfonamides is 1. The molecule has 1 saturated heterocycles. The summed E-state index contributed by atoms with van der Waals surface area (Å²) in [4.78, 5) is 53.4. The number of benzene rings is 2. The second-order valence-corrected chi connectivity index (χ2v) is 12.5. The molecule has 11 nitrogen and oxygen atoms in total. The number of hydrogen-bond acceptors (Lipinski definition) is 7.